The van der Waals surface area contributed by atoms with E-state index in [9.17, 15) is 9.90 Å². The molecule has 2 rings (SSSR count). The fourth-order valence-electron chi connectivity index (χ4n) is 1.81. The van der Waals surface area contributed by atoms with Crippen molar-refractivity contribution in [1.29, 1.82) is 0 Å². The zero-order valence-electron chi connectivity index (χ0n) is 10.6. The second kappa shape index (κ2) is 5.67. The third-order valence-electron chi connectivity index (χ3n) is 2.71. The molecule has 1 N–H and O–H groups in total. The Morgan fingerprint density at radius 2 is 2.16 bits per heavy atom. The molecule has 1 aromatic carbocycles. The summed E-state index contributed by atoms with van der Waals surface area (Å²) in [7, 11) is 1.74. The average Bonchev–Trinajstić information content (AvgIpc) is 2.63. The van der Waals surface area contributed by atoms with Crippen LogP contribution in [0.25, 0.3) is 0 Å². The Labute approximate surface area is 120 Å². The van der Waals surface area contributed by atoms with Crippen molar-refractivity contribution in [2.75, 3.05) is 0 Å². The van der Waals surface area contributed by atoms with E-state index in [1.807, 2.05) is 24.3 Å². The highest BCUT2D eigenvalue weighted by molar-refractivity contribution is 7.98. The van der Waals surface area contributed by atoms with E-state index in [4.69, 9.17) is 11.6 Å². The van der Waals surface area contributed by atoms with E-state index in [1.165, 1.54) is 11.8 Å². The van der Waals surface area contributed by atoms with Crippen LogP contribution in [0.5, 0.6) is 0 Å². The SMILES string of the molecule is Cc1nn(C)c(SCc2ccccc2Cl)c1C(=O)O. The lowest BCUT2D eigenvalue weighted by atomic mass is 10.2. The Morgan fingerprint density at radius 1 is 1.47 bits per heavy atom. The van der Waals surface area contributed by atoms with Crippen LogP contribution in [0.1, 0.15) is 21.6 Å². The summed E-state index contributed by atoms with van der Waals surface area (Å²) in [5.74, 6) is -0.342. The van der Waals surface area contributed by atoms with Crippen molar-refractivity contribution in [3.8, 4) is 0 Å². The number of nitrogens with zero attached hydrogens (tertiary/aromatic N) is 2. The number of halogens is 1. The van der Waals surface area contributed by atoms with Crippen LogP contribution >= 0.6 is 23.4 Å². The number of aryl methyl sites for hydroxylation is 2. The molecule has 19 heavy (non-hydrogen) atoms. The molecule has 0 atom stereocenters. The number of carboxylic acids is 1. The molecule has 0 saturated heterocycles. The Bertz CT molecular complexity index is 625. The van der Waals surface area contributed by atoms with Crippen LogP contribution in [0.15, 0.2) is 29.3 Å². The third-order valence-corrected chi connectivity index (χ3v) is 4.27. The van der Waals surface area contributed by atoms with Crippen LogP contribution in [0.3, 0.4) is 0 Å². The number of carboxylic acid groups (broad SMARTS) is 1. The van der Waals surface area contributed by atoms with Crippen molar-refractivity contribution < 1.29 is 9.90 Å². The second-order valence-electron chi connectivity index (χ2n) is 4.07. The maximum Gasteiger partial charge on any atom is 0.340 e. The van der Waals surface area contributed by atoms with Crippen molar-refractivity contribution in [2.45, 2.75) is 17.7 Å². The molecule has 0 unspecified atom stereocenters. The monoisotopic (exact) mass is 296 g/mol. The molecule has 0 amide bonds. The van der Waals surface area contributed by atoms with Crippen LogP contribution < -0.4 is 0 Å². The normalized spacial score (nSPS) is 10.7. The minimum atomic E-state index is -0.952. The van der Waals surface area contributed by atoms with Gasteiger partial charge in [-0.05, 0) is 18.6 Å². The molecule has 6 heteroatoms. The summed E-state index contributed by atoms with van der Waals surface area (Å²) in [4.78, 5) is 11.2. The van der Waals surface area contributed by atoms with Gasteiger partial charge in [0.2, 0.25) is 0 Å². The summed E-state index contributed by atoms with van der Waals surface area (Å²) in [6.45, 7) is 1.70. The van der Waals surface area contributed by atoms with Crippen molar-refractivity contribution in [3.63, 3.8) is 0 Å². The van der Waals surface area contributed by atoms with Gasteiger partial charge in [0.15, 0.2) is 0 Å². The minimum Gasteiger partial charge on any atom is -0.478 e. The Morgan fingerprint density at radius 3 is 2.79 bits per heavy atom. The highest BCUT2D eigenvalue weighted by atomic mass is 35.5. The molecule has 0 aliphatic heterocycles. The molecular formula is C13H13ClN2O2S. The molecule has 0 radical (unpaired) electrons. The van der Waals surface area contributed by atoms with Crippen LogP contribution in [0.2, 0.25) is 5.02 Å². The molecule has 0 fully saturated rings. The van der Waals surface area contributed by atoms with Gasteiger partial charge in [-0.15, -0.1) is 11.8 Å². The summed E-state index contributed by atoms with van der Waals surface area (Å²) < 4.78 is 1.60. The zero-order chi connectivity index (χ0) is 14.0. The molecule has 1 heterocycles. The summed E-state index contributed by atoms with van der Waals surface area (Å²) in [6.07, 6.45) is 0. The quantitative estimate of drug-likeness (QED) is 0.879. The van der Waals surface area contributed by atoms with Gasteiger partial charge in [-0.2, -0.15) is 5.10 Å². The molecule has 0 aliphatic rings. The maximum atomic E-state index is 11.2. The van der Waals surface area contributed by atoms with Gasteiger partial charge < -0.3 is 5.11 Å². The molecule has 0 spiro atoms. The number of aromatic carboxylic acids is 1. The van der Waals surface area contributed by atoms with Crippen molar-refractivity contribution in [2.24, 2.45) is 7.05 Å². The number of benzene rings is 1. The molecule has 100 valence electrons. The largest absolute Gasteiger partial charge is 0.478 e. The lowest BCUT2D eigenvalue weighted by molar-refractivity contribution is 0.0692. The molecule has 0 bridgehead atoms. The van der Waals surface area contributed by atoms with Gasteiger partial charge in [0, 0.05) is 17.8 Å². The van der Waals surface area contributed by atoms with Gasteiger partial charge in [-0.3, -0.25) is 4.68 Å². The first-order chi connectivity index (χ1) is 9.00. The number of rotatable bonds is 4. The van der Waals surface area contributed by atoms with E-state index in [0.717, 1.165) is 5.56 Å². The van der Waals surface area contributed by atoms with E-state index in [1.54, 1.807) is 18.7 Å². The second-order valence-corrected chi connectivity index (χ2v) is 5.45. The standard InChI is InChI=1S/C13H13ClN2O2S/c1-8-11(13(17)18)12(16(2)15-8)19-7-9-5-3-4-6-10(9)14/h3-6H,7H2,1-2H3,(H,17,18). The van der Waals surface area contributed by atoms with E-state index in [0.29, 0.717) is 21.5 Å². The van der Waals surface area contributed by atoms with Gasteiger partial charge in [0.25, 0.3) is 0 Å². The van der Waals surface area contributed by atoms with Crippen molar-refractivity contribution >= 4 is 29.3 Å². The van der Waals surface area contributed by atoms with Crippen molar-refractivity contribution in [1.82, 2.24) is 9.78 Å². The van der Waals surface area contributed by atoms with Gasteiger partial charge >= 0.3 is 5.97 Å². The van der Waals surface area contributed by atoms with Crippen LogP contribution in [0.4, 0.5) is 0 Å². The summed E-state index contributed by atoms with van der Waals surface area (Å²) in [6, 6.07) is 7.53. The van der Waals surface area contributed by atoms with Gasteiger partial charge in [0.05, 0.1) is 5.69 Å². The lowest BCUT2D eigenvalue weighted by Crippen LogP contribution is -2.00. The number of thioether (sulfide) groups is 1. The van der Waals surface area contributed by atoms with Gasteiger partial charge in [-0.1, -0.05) is 29.8 Å². The van der Waals surface area contributed by atoms with E-state index >= 15 is 0 Å². The predicted octanol–water partition coefficient (Wildman–Crippen LogP) is 3.37. The van der Waals surface area contributed by atoms with E-state index < -0.39 is 5.97 Å². The Balaban J connectivity index is 2.25. The first kappa shape index (κ1) is 14.0. The molecule has 1 aromatic heterocycles. The molecule has 0 aliphatic carbocycles. The lowest BCUT2D eigenvalue weighted by Gasteiger charge is -2.05. The van der Waals surface area contributed by atoms with E-state index in [2.05, 4.69) is 5.10 Å². The first-order valence-electron chi connectivity index (χ1n) is 5.63. The first-order valence-corrected chi connectivity index (χ1v) is 7.00. The summed E-state index contributed by atoms with van der Waals surface area (Å²) in [5, 5.41) is 14.7. The van der Waals surface area contributed by atoms with Gasteiger partial charge in [-0.25, -0.2) is 4.79 Å². The Hall–Kier alpha value is -1.46. The molecular weight excluding hydrogens is 284 g/mol. The Kier molecular flexibility index (Phi) is 4.17. The topological polar surface area (TPSA) is 55.1 Å². The molecule has 4 nitrogen and oxygen atoms in total. The minimum absolute atomic E-state index is 0.263. The number of aromatic nitrogens is 2. The fraction of sp³-hybridized carbons (Fsp3) is 0.231. The number of hydrogen-bond acceptors (Lipinski definition) is 3. The van der Waals surface area contributed by atoms with Crippen LogP contribution in [0, 0.1) is 6.92 Å². The summed E-state index contributed by atoms with van der Waals surface area (Å²) >= 11 is 7.51. The third kappa shape index (κ3) is 2.93. The molecule has 0 saturated carbocycles. The predicted molar refractivity (Wildman–Crippen MR) is 75.9 cm³/mol. The smallest absolute Gasteiger partial charge is 0.340 e. The highest BCUT2D eigenvalue weighted by Gasteiger charge is 2.20. The maximum absolute atomic E-state index is 11.2. The molecule has 2 aromatic rings. The van der Waals surface area contributed by atoms with Gasteiger partial charge in [0.1, 0.15) is 10.6 Å². The van der Waals surface area contributed by atoms with Crippen molar-refractivity contribution in [3.05, 3.63) is 46.1 Å². The number of hydrogen-bond donors (Lipinski definition) is 1. The number of carbonyl (C=O) groups is 1. The summed E-state index contributed by atoms with van der Waals surface area (Å²) in [5.41, 5.74) is 1.76. The zero-order valence-corrected chi connectivity index (χ0v) is 12.1. The highest BCUT2D eigenvalue weighted by Crippen LogP contribution is 2.30. The van der Waals surface area contributed by atoms with Crippen LogP contribution in [-0.4, -0.2) is 20.9 Å². The van der Waals surface area contributed by atoms with E-state index in [-0.39, 0.29) is 5.56 Å². The fourth-order valence-corrected chi connectivity index (χ4v) is 3.24. The van der Waals surface area contributed by atoms with Crippen LogP contribution in [-0.2, 0) is 12.8 Å². The average molecular weight is 297 g/mol.